The third kappa shape index (κ3) is 4.84. The molecule has 4 aromatic rings. The fourth-order valence-corrected chi connectivity index (χ4v) is 4.42. The van der Waals surface area contributed by atoms with Crippen LogP contribution in [0.1, 0.15) is 12.0 Å². The molecule has 4 rings (SSSR count). The Hall–Kier alpha value is -3.58. The Balaban J connectivity index is 1.62. The first-order chi connectivity index (χ1) is 15.7. The van der Waals surface area contributed by atoms with Crippen molar-refractivity contribution in [1.29, 1.82) is 0 Å². The minimum absolute atomic E-state index is 0.0678. The summed E-state index contributed by atoms with van der Waals surface area (Å²) in [4.78, 5) is 19.7. The van der Waals surface area contributed by atoms with Crippen LogP contribution in [-0.2, 0) is 11.3 Å². The van der Waals surface area contributed by atoms with E-state index in [2.05, 4.69) is 0 Å². The van der Waals surface area contributed by atoms with Crippen LogP contribution in [0.4, 0.5) is 5.13 Å². The number of hydrogen-bond acceptors (Lipinski definition) is 6. The molecule has 164 valence electrons. The number of aromatic nitrogens is 1. The van der Waals surface area contributed by atoms with Gasteiger partial charge in [-0.3, -0.25) is 9.69 Å². The summed E-state index contributed by atoms with van der Waals surface area (Å²) in [6.07, 6.45) is 0.228. The summed E-state index contributed by atoms with van der Waals surface area (Å²) < 4.78 is 17.6. The van der Waals surface area contributed by atoms with Gasteiger partial charge in [0, 0.05) is 0 Å². The Morgan fingerprint density at radius 1 is 0.906 bits per heavy atom. The van der Waals surface area contributed by atoms with Crippen LogP contribution in [0.2, 0.25) is 0 Å². The van der Waals surface area contributed by atoms with E-state index in [4.69, 9.17) is 19.2 Å². The van der Waals surface area contributed by atoms with Crippen molar-refractivity contribution < 1.29 is 19.0 Å². The number of ether oxygens (including phenoxy) is 3. The van der Waals surface area contributed by atoms with Gasteiger partial charge in [0.1, 0.15) is 27.5 Å². The van der Waals surface area contributed by atoms with Gasteiger partial charge in [0.15, 0.2) is 5.13 Å². The Kier molecular flexibility index (Phi) is 6.87. The standard InChI is InChI=1S/C25H24N2O4S/c1-29-20-13-14-21(30-2)24-23(20)26-25(32-24)27(17-18-9-5-3-6-10-18)22(28)15-16-31-19-11-7-4-8-12-19/h3-14H,15-17H2,1-2H3. The van der Waals surface area contributed by atoms with Crippen LogP contribution < -0.4 is 19.1 Å². The summed E-state index contributed by atoms with van der Waals surface area (Å²) in [5.41, 5.74) is 1.70. The van der Waals surface area contributed by atoms with E-state index in [1.165, 1.54) is 11.3 Å². The second kappa shape index (κ2) is 10.2. The van der Waals surface area contributed by atoms with Crippen molar-refractivity contribution >= 4 is 32.6 Å². The number of benzene rings is 3. The van der Waals surface area contributed by atoms with E-state index < -0.39 is 0 Å². The number of amides is 1. The van der Waals surface area contributed by atoms with Crippen molar-refractivity contribution in [3.63, 3.8) is 0 Å². The predicted molar refractivity (Wildman–Crippen MR) is 127 cm³/mol. The first-order valence-electron chi connectivity index (χ1n) is 10.2. The molecule has 6 nitrogen and oxygen atoms in total. The lowest BCUT2D eigenvalue weighted by atomic mass is 10.2. The molecule has 1 amide bonds. The van der Waals surface area contributed by atoms with E-state index in [1.807, 2.05) is 72.8 Å². The van der Waals surface area contributed by atoms with Crippen molar-refractivity contribution in [3.8, 4) is 17.2 Å². The van der Waals surface area contributed by atoms with Gasteiger partial charge in [0.25, 0.3) is 0 Å². The molecule has 0 fully saturated rings. The number of para-hydroxylation sites is 1. The third-order valence-corrected chi connectivity index (χ3v) is 6.04. The fourth-order valence-electron chi connectivity index (χ4n) is 3.33. The SMILES string of the molecule is COc1ccc(OC)c2sc(N(Cc3ccccc3)C(=O)CCOc3ccccc3)nc12. The molecule has 3 aromatic carbocycles. The molecule has 0 spiro atoms. The van der Waals surface area contributed by atoms with Crippen LogP contribution in [0.5, 0.6) is 17.2 Å². The molecule has 0 bridgehead atoms. The monoisotopic (exact) mass is 448 g/mol. The summed E-state index contributed by atoms with van der Waals surface area (Å²) in [5, 5.41) is 0.594. The Labute approximate surface area is 191 Å². The lowest BCUT2D eigenvalue weighted by molar-refractivity contribution is -0.119. The molecule has 1 aromatic heterocycles. The number of anilines is 1. The summed E-state index contributed by atoms with van der Waals surface area (Å²) in [7, 11) is 3.22. The molecule has 0 aliphatic heterocycles. The predicted octanol–water partition coefficient (Wildman–Crippen LogP) is 5.32. The minimum Gasteiger partial charge on any atom is -0.495 e. The lowest BCUT2D eigenvalue weighted by Crippen LogP contribution is -2.31. The number of nitrogens with zero attached hydrogens (tertiary/aromatic N) is 2. The zero-order chi connectivity index (χ0) is 22.3. The molecule has 0 aliphatic rings. The average molecular weight is 449 g/mol. The zero-order valence-corrected chi connectivity index (χ0v) is 18.8. The molecule has 7 heteroatoms. The van der Waals surface area contributed by atoms with Gasteiger partial charge >= 0.3 is 0 Å². The first-order valence-corrected chi connectivity index (χ1v) is 11.0. The summed E-state index contributed by atoms with van der Waals surface area (Å²) in [5.74, 6) is 2.01. The molecule has 0 aliphatic carbocycles. The number of methoxy groups -OCH3 is 2. The van der Waals surface area contributed by atoms with Crippen LogP contribution in [-0.4, -0.2) is 31.7 Å². The van der Waals surface area contributed by atoms with E-state index in [-0.39, 0.29) is 18.9 Å². The number of rotatable bonds is 9. The molecular weight excluding hydrogens is 424 g/mol. The Bertz CT molecular complexity index is 1140. The highest BCUT2D eigenvalue weighted by Crippen LogP contribution is 2.40. The van der Waals surface area contributed by atoms with Gasteiger partial charge < -0.3 is 14.2 Å². The highest BCUT2D eigenvalue weighted by molar-refractivity contribution is 7.22. The number of hydrogen-bond donors (Lipinski definition) is 0. The van der Waals surface area contributed by atoms with Crippen LogP contribution in [0.3, 0.4) is 0 Å². The molecule has 1 heterocycles. The second-order valence-corrected chi connectivity index (χ2v) is 8.00. The lowest BCUT2D eigenvalue weighted by Gasteiger charge is -2.20. The minimum atomic E-state index is -0.0678. The first kappa shape index (κ1) is 21.6. The summed E-state index contributed by atoms with van der Waals surface area (Å²) in [6, 6.07) is 23.0. The summed E-state index contributed by atoms with van der Waals surface area (Å²) in [6.45, 7) is 0.696. The Morgan fingerprint density at radius 2 is 1.56 bits per heavy atom. The number of carbonyl (C=O) groups excluding carboxylic acids is 1. The number of fused-ring (bicyclic) bond motifs is 1. The van der Waals surface area contributed by atoms with Crippen molar-refractivity contribution in [2.75, 3.05) is 25.7 Å². The van der Waals surface area contributed by atoms with E-state index in [1.54, 1.807) is 19.1 Å². The van der Waals surface area contributed by atoms with E-state index >= 15 is 0 Å². The molecule has 0 unspecified atom stereocenters. The van der Waals surface area contributed by atoms with Gasteiger partial charge in [-0.05, 0) is 29.8 Å². The van der Waals surface area contributed by atoms with Gasteiger partial charge in [0.05, 0.1) is 33.8 Å². The quantitative estimate of drug-likeness (QED) is 0.347. The zero-order valence-electron chi connectivity index (χ0n) is 18.0. The van der Waals surface area contributed by atoms with Crippen LogP contribution in [0.15, 0.2) is 72.8 Å². The molecular formula is C25H24N2O4S. The van der Waals surface area contributed by atoms with Crippen molar-refractivity contribution in [1.82, 2.24) is 4.98 Å². The molecule has 0 saturated heterocycles. The maximum Gasteiger partial charge on any atom is 0.232 e. The molecule has 0 atom stereocenters. The van der Waals surface area contributed by atoms with Gasteiger partial charge in [-0.25, -0.2) is 4.98 Å². The average Bonchev–Trinajstić information content (AvgIpc) is 3.28. The van der Waals surface area contributed by atoms with Gasteiger partial charge in [0.2, 0.25) is 5.91 Å². The number of carbonyl (C=O) groups is 1. The van der Waals surface area contributed by atoms with E-state index in [0.717, 1.165) is 16.0 Å². The van der Waals surface area contributed by atoms with Crippen molar-refractivity contribution in [2.24, 2.45) is 0 Å². The van der Waals surface area contributed by atoms with Crippen LogP contribution >= 0.6 is 11.3 Å². The van der Waals surface area contributed by atoms with Crippen molar-refractivity contribution in [2.45, 2.75) is 13.0 Å². The molecule has 0 radical (unpaired) electrons. The molecule has 32 heavy (non-hydrogen) atoms. The largest absolute Gasteiger partial charge is 0.495 e. The van der Waals surface area contributed by atoms with Gasteiger partial charge in [-0.2, -0.15) is 0 Å². The Morgan fingerprint density at radius 3 is 2.25 bits per heavy atom. The van der Waals surface area contributed by atoms with E-state index in [9.17, 15) is 4.79 Å². The topological polar surface area (TPSA) is 60.9 Å². The maximum absolute atomic E-state index is 13.3. The van der Waals surface area contributed by atoms with Gasteiger partial charge in [-0.15, -0.1) is 0 Å². The summed E-state index contributed by atoms with van der Waals surface area (Å²) >= 11 is 1.41. The maximum atomic E-state index is 13.3. The number of thiazole rings is 1. The third-order valence-electron chi connectivity index (χ3n) is 4.94. The van der Waals surface area contributed by atoms with Gasteiger partial charge in [-0.1, -0.05) is 59.9 Å². The molecule has 0 N–H and O–H groups in total. The van der Waals surface area contributed by atoms with Crippen LogP contribution in [0.25, 0.3) is 10.2 Å². The molecule has 0 saturated carbocycles. The van der Waals surface area contributed by atoms with Crippen molar-refractivity contribution in [3.05, 3.63) is 78.4 Å². The smallest absolute Gasteiger partial charge is 0.232 e. The fraction of sp³-hybridized carbons (Fsp3) is 0.200. The highest BCUT2D eigenvalue weighted by Gasteiger charge is 2.23. The second-order valence-electron chi connectivity index (χ2n) is 7.02. The highest BCUT2D eigenvalue weighted by atomic mass is 32.1. The van der Waals surface area contributed by atoms with Crippen LogP contribution in [0, 0.1) is 0 Å². The normalized spacial score (nSPS) is 10.7. The van der Waals surface area contributed by atoms with E-state index in [0.29, 0.717) is 28.7 Å².